The molecule has 198 valence electrons. The van der Waals surface area contributed by atoms with Crippen LogP contribution in [-0.2, 0) is 13.1 Å². The molecule has 0 radical (unpaired) electrons. The molecule has 0 unspecified atom stereocenters. The Morgan fingerprint density at radius 1 is 0.868 bits per heavy atom. The number of furan rings is 2. The first kappa shape index (κ1) is 26.7. The zero-order valence-electron chi connectivity index (χ0n) is 21.1. The van der Waals surface area contributed by atoms with Gasteiger partial charge in [-0.25, -0.2) is 4.90 Å². The Morgan fingerprint density at radius 2 is 1.34 bits per heavy atom. The molecule has 0 aliphatic carbocycles. The normalized spacial score (nSPS) is 13.3. The van der Waals surface area contributed by atoms with Crippen LogP contribution in [0, 0.1) is 27.7 Å². The Morgan fingerprint density at radius 3 is 1.71 bits per heavy atom. The second-order valence-electron chi connectivity index (χ2n) is 8.78. The molecular weight excluding hydrogens is 640 g/mol. The van der Waals surface area contributed by atoms with Gasteiger partial charge in [0.1, 0.15) is 11.5 Å². The van der Waals surface area contributed by atoms with E-state index in [0.717, 1.165) is 36.6 Å². The fraction of sp³-hybridized carbons (Fsp3) is 0.320. The zero-order chi connectivity index (χ0) is 27.1. The lowest BCUT2D eigenvalue weighted by Crippen LogP contribution is -2.39. The van der Waals surface area contributed by atoms with Crippen molar-refractivity contribution in [3.05, 3.63) is 79.0 Å². The van der Waals surface area contributed by atoms with Crippen LogP contribution in [0.3, 0.4) is 0 Å². The minimum atomic E-state index is -0.607. The number of nitrogens with zero attached hydrogens (tertiary/aromatic N) is 6. The summed E-state index contributed by atoms with van der Waals surface area (Å²) < 4.78 is 17.2. The second-order valence-corrected chi connectivity index (χ2v) is 11.4. The van der Waals surface area contributed by atoms with E-state index in [9.17, 15) is 9.59 Å². The van der Waals surface area contributed by atoms with Crippen LogP contribution in [0.25, 0.3) is 0 Å². The van der Waals surface area contributed by atoms with Crippen molar-refractivity contribution in [1.29, 1.82) is 0 Å². The molecule has 0 aromatic carbocycles. The quantitative estimate of drug-likeness (QED) is 0.250. The lowest BCUT2D eigenvalue weighted by atomic mass is 10.3. The van der Waals surface area contributed by atoms with Crippen LogP contribution in [0.4, 0.5) is 0 Å². The number of carbonyl (C=O) groups excluding carboxylic acids is 2. The monoisotopic (exact) mass is 662 g/mol. The number of aryl methyl sites for hydroxylation is 2. The number of carbonyl (C=O) groups is 2. The van der Waals surface area contributed by atoms with Crippen molar-refractivity contribution in [2.24, 2.45) is 4.99 Å². The average Bonchev–Trinajstić information content (AvgIpc) is 3.72. The van der Waals surface area contributed by atoms with E-state index >= 15 is 0 Å². The van der Waals surface area contributed by atoms with Crippen molar-refractivity contribution < 1.29 is 18.4 Å². The molecule has 38 heavy (non-hydrogen) atoms. The van der Waals surface area contributed by atoms with Gasteiger partial charge in [0.05, 0.1) is 51.4 Å². The van der Waals surface area contributed by atoms with Crippen molar-refractivity contribution in [2.45, 2.75) is 40.8 Å². The predicted octanol–water partition coefficient (Wildman–Crippen LogP) is 5.51. The molecule has 1 aliphatic heterocycles. The number of imide groups is 1. The molecule has 4 aromatic heterocycles. The molecule has 0 N–H and O–H groups in total. The summed E-state index contributed by atoms with van der Waals surface area (Å²) in [6, 6.07) is 6.54. The van der Waals surface area contributed by atoms with Crippen molar-refractivity contribution in [3.63, 3.8) is 0 Å². The standard InChI is InChI=1S/C25H24Br2N6O4S/c1-13-21(26)15(3)31(29-13)11-17-5-7-19(36-17)23(34)33(25-28-9-10-38-25)24(35)20-8-6-18(37-20)12-32-16(4)22(27)14(2)30-32/h5-8H,9-12H2,1-4H3. The predicted molar refractivity (Wildman–Crippen MR) is 150 cm³/mol. The van der Waals surface area contributed by atoms with Crippen molar-refractivity contribution in [3.8, 4) is 0 Å². The molecular formula is C25H24Br2N6O4S. The molecule has 4 aromatic rings. The highest BCUT2D eigenvalue weighted by molar-refractivity contribution is 9.10. The topological polar surface area (TPSA) is 112 Å². The Labute approximate surface area is 239 Å². The van der Waals surface area contributed by atoms with E-state index in [1.807, 2.05) is 27.7 Å². The van der Waals surface area contributed by atoms with Gasteiger partial charge in [0, 0.05) is 5.75 Å². The number of aliphatic imine (C=N–C) groups is 1. The summed E-state index contributed by atoms with van der Waals surface area (Å²) in [5, 5.41) is 9.29. The van der Waals surface area contributed by atoms with Gasteiger partial charge in [0.15, 0.2) is 16.7 Å². The van der Waals surface area contributed by atoms with Crippen LogP contribution in [0.5, 0.6) is 0 Å². The van der Waals surface area contributed by atoms with Crippen LogP contribution >= 0.6 is 43.6 Å². The van der Waals surface area contributed by atoms with Crippen LogP contribution in [0.2, 0.25) is 0 Å². The number of rotatable bonds is 6. The lowest BCUT2D eigenvalue weighted by molar-refractivity contribution is 0.0678. The van der Waals surface area contributed by atoms with Crippen LogP contribution in [0.1, 0.15) is 55.4 Å². The maximum absolute atomic E-state index is 13.5. The number of aromatic nitrogens is 4. The van der Waals surface area contributed by atoms with Gasteiger partial charge < -0.3 is 8.83 Å². The number of hydrogen-bond donors (Lipinski definition) is 0. The molecule has 0 spiro atoms. The molecule has 2 amide bonds. The van der Waals surface area contributed by atoms with Crippen molar-refractivity contribution in [1.82, 2.24) is 24.5 Å². The summed E-state index contributed by atoms with van der Waals surface area (Å²) >= 11 is 8.38. The average molecular weight is 664 g/mol. The minimum absolute atomic E-state index is 0.0309. The van der Waals surface area contributed by atoms with Crippen LogP contribution in [0.15, 0.2) is 47.0 Å². The molecule has 0 fully saturated rings. The number of halogens is 2. The molecule has 0 bridgehead atoms. The number of amides is 2. The second kappa shape index (κ2) is 10.7. The number of amidine groups is 1. The summed E-state index contributed by atoms with van der Waals surface area (Å²) in [7, 11) is 0. The third-order valence-electron chi connectivity index (χ3n) is 6.11. The first-order valence-corrected chi connectivity index (χ1v) is 14.3. The maximum atomic E-state index is 13.5. The smallest absolute Gasteiger partial charge is 0.302 e. The highest BCUT2D eigenvalue weighted by Gasteiger charge is 2.34. The molecule has 0 atom stereocenters. The molecule has 0 saturated heterocycles. The van der Waals surface area contributed by atoms with E-state index in [1.54, 1.807) is 33.6 Å². The van der Waals surface area contributed by atoms with Crippen LogP contribution < -0.4 is 0 Å². The van der Waals surface area contributed by atoms with E-state index in [2.05, 4.69) is 47.0 Å². The summed E-state index contributed by atoms with van der Waals surface area (Å²) in [6.07, 6.45) is 0. The SMILES string of the molecule is Cc1nn(Cc2ccc(C(=O)N(C(=O)c3ccc(Cn4nc(C)c(Br)c4C)o3)C3=NCCS3)o2)c(C)c1Br. The van der Waals surface area contributed by atoms with Crippen molar-refractivity contribution >= 4 is 60.6 Å². The van der Waals surface area contributed by atoms with Gasteiger partial charge in [-0.3, -0.25) is 23.9 Å². The van der Waals surface area contributed by atoms with E-state index in [-0.39, 0.29) is 11.5 Å². The van der Waals surface area contributed by atoms with Gasteiger partial charge in [-0.2, -0.15) is 10.2 Å². The summed E-state index contributed by atoms with van der Waals surface area (Å²) in [5.41, 5.74) is 3.62. The third-order valence-corrected chi connectivity index (χ3v) is 9.36. The lowest BCUT2D eigenvalue weighted by Gasteiger charge is -2.17. The Kier molecular flexibility index (Phi) is 7.51. The largest absolute Gasteiger partial charge is 0.454 e. The van der Waals surface area contributed by atoms with Crippen molar-refractivity contribution in [2.75, 3.05) is 12.3 Å². The highest BCUT2D eigenvalue weighted by atomic mass is 79.9. The third kappa shape index (κ3) is 5.06. The zero-order valence-corrected chi connectivity index (χ0v) is 25.1. The Bertz CT molecular complexity index is 1480. The number of thioether (sulfide) groups is 1. The summed E-state index contributed by atoms with van der Waals surface area (Å²) in [6.45, 7) is 8.91. The first-order valence-electron chi connectivity index (χ1n) is 11.8. The van der Waals surface area contributed by atoms with E-state index in [4.69, 9.17) is 8.83 Å². The van der Waals surface area contributed by atoms with Gasteiger partial charge in [0.25, 0.3) is 0 Å². The van der Waals surface area contributed by atoms with Gasteiger partial charge in [-0.05, 0) is 83.8 Å². The van der Waals surface area contributed by atoms with Gasteiger partial charge in [-0.1, -0.05) is 11.8 Å². The molecule has 5 rings (SSSR count). The number of hydrogen-bond acceptors (Lipinski definition) is 8. The van der Waals surface area contributed by atoms with Gasteiger partial charge >= 0.3 is 11.8 Å². The minimum Gasteiger partial charge on any atom is -0.454 e. The summed E-state index contributed by atoms with van der Waals surface area (Å²) in [4.78, 5) is 32.5. The van der Waals surface area contributed by atoms with E-state index < -0.39 is 11.8 Å². The molecule has 5 heterocycles. The first-order chi connectivity index (χ1) is 18.1. The molecule has 0 saturated carbocycles. The van der Waals surface area contributed by atoms with E-state index in [0.29, 0.717) is 42.1 Å². The fourth-order valence-electron chi connectivity index (χ4n) is 4.05. The highest BCUT2D eigenvalue weighted by Crippen LogP contribution is 2.25. The molecule has 13 heteroatoms. The van der Waals surface area contributed by atoms with Gasteiger partial charge in [0.2, 0.25) is 0 Å². The Balaban J connectivity index is 1.38. The van der Waals surface area contributed by atoms with E-state index in [1.165, 1.54) is 11.8 Å². The fourth-order valence-corrected chi connectivity index (χ4v) is 5.47. The Hall–Kier alpha value is -2.90. The van der Waals surface area contributed by atoms with Crippen LogP contribution in [-0.4, -0.2) is 53.7 Å². The summed E-state index contributed by atoms with van der Waals surface area (Å²) in [5.74, 6) is 0.603. The maximum Gasteiger partial charge on any atom is 0.302 e. The molecule has 1 aliphatic rings. The van der Waals surface area contributed by atoms with Gasteiger partial charge in [-0.15, -0.1) is 0 Å². The molecule has 10 nitrogen and oxygen atoms in total.